The summed E-state index contributed by atoms with van der Waals surface area (Å²) in [5.41, 5.74) is 0. The lowest BCUT2D eigenvalue weighted by Gasteiger charge is -2.04. The summed E-state index contributed by atoms with van der Waals surface area (Å²) in [7, 11) is -1.35. The molecular weight excluding hydrogens is 246 g/mol. The number of nitrogens with one attached hydrogen (secondary N) is 1. The number of aromatic nitrogens is 2. The molecule has 0 aromatic carbocycles. The smallest absolute Gasteiger partial charge is 0.154 e. The third-order valence-corrected chi connectivity index (χ3v) is 3.59. The van der Waals surface area contributed by atoms with Gasteiger partial charge >= 0.3 is 0 Å². The first kappa shape index (κ1) is 11.3. The monoisotopic (exact) mass is 257 g/mol. The van der Waals surface area contributed by atoms with Crippen LogP contribution in [0.2, 0.25) is 0 Å². The average Bonchev–Trinajstić information content (AvgIpc) is 2.61. The molecule has 2 aromatic rings. The van der Waals surface area contributed by atoms with Crippen LogP contribution in [0.25, 0.3) is 10.2 Å². The van der Waals surface area contributed by atoms with Crippen molar-refractivity contribution in [2.75, 3.05) is 18.6 Å². The molecule has 0 bridgehead atoms. The van der Waals surface area contributed by atoms with E-state index in [1.807, 2.05) is 11.4 Å². The van der Waals surface area contributed by atoms with Gasteiger partial charge in [0.15, 0.2) is 9.84 Å². The molecule has 0 spiro atoms. The van der Waals surface area contributed by atoms with Gasteiger partial charge in [-0.2, -0.15) is 0 Å². The molecule has 0 atom stereocenters. The van der Waals surface area contributed by atoms with E-state index in [4.69, 9.17) is 0 Å². The van der Waals surface area contributed by atoms with Gasteiger partial charge in [0, 0.05) is 13.3 Å². The molecule has 0 aliphatic carbocycles. The van der Waals surface area contributed by atoms with Crippen molar-refractivity contribution >= 4 is 37.2 Å². The van der Waals surface area contributed by atoms with Crippen LogP contribution in [0.1, 0.15) is 5.82 Å². The number of hydrogen-bond acceptors (Lipinski definition) is 6. The molecule has 16 heavy (non-hydrogen) atoms. The molecule has 0 saturated heterocycles. The molecule has 0 fully saturated rings. The second-order valence-electron chi connectivity index (χ2n) is 3.45. The highest BCUT2D eigenvalue weighted by atomic mass is 32.2. The Morgan fingerprint density at radius 3 is 2.81 bits per heavy atom. The van der Waals surface area contributed by atoms with E-state index >= 15 is 0 Å². The first-order valence-electron chi connectivity index (χ1n) is 4.59. The van der Waals surface area contributed by atoms with Gasteiger partial charge in [-0.25, -0.2) is 18.4 Å². The minimum atomic E-state index is -3.10. The molecule has 0 amide bonds. The Morgan fingerprint density at radius 2 is 2.19 bits per heavy atom. The molecule has 0 aliphatic rings. The molecule has 0 saturated carbocycles. The van der Waals surface area contributed by atoms with E-state index in [0.717, 1.165) is 10.2 Å². The Kier molecular flexibility index (Phi) is 2.81. The van der Waals surface area contributed by atoms with Gasteiger partial charge in [-0.1, -0.05) is 0 Å². The van der Waals surface area contributed by atoms with Gasteiger partial charge in [0.1, 0.15) is 22.2 Å². The number of fused-ring (bicyclic) bond motifs is 1. The van der Waals surface area contributed by atoms with Crippen LogP contribution in [0.5, 0.6) is 0 Å². The minimum absolute atomic E-state index is 0.129. The number of sulfone groups is 1. The number of thiophene rings is 1. The highest BCUT2D eigenvalue weighted by Gasteiger charge is 2.11. The van der Waals surface area contributed by atoms with Gasteiger partial charge in [-0.05, 0) is 11.4 Å². The van der Waals surface area contributed by atoms with Crippen molar-refractivity contribution in [3.8, 4) is 0 Å². The van der Waals surface area contributed by atoms with E-state index in [9.17, 15) is 8.42 Å². The lowest BCUT2D eigenvalue weighted by Crippen LogP contribution is -2.06. The normalized spacial score (nSPS) is 11.9. The zero-order chi connectivity index (χ0) is 11.8. The van der Waals surface area contributed by atoms with Crippen LogP contribution in [-0.4, -0.2) is 31.7 Å². The van der Waals surface area contributed by atoms with Gasteiger partial charge in [-0.15, -0.1) is 11.3 Å². The number of anilines is 1. The maximum atomic E-state index is 11.2. The van der Waals surface area contributed by atoms with Crippen LogP contribution in [0.15, 0.2) is 11.4 Å². The number of rotatable bonds is 3. The van der Waals surface area contributed by atoms with Crippen molar-refractivity contribution in [3.05, 3.63) is 17.3 Å². The quantitative estimate of drug-likeness (QED) is 0.896. The van der Waals surface area contributed by atoms with Gasteiger partial charge < -0.3 is 5.32 Å². The molecule has 0 radical (unpaired) electrons. The zero-order valence-electron chi connectivity index (χ0n) is 8.89. The molecule has 86 valence electrons. The number of hydrogen-bond donors (Lipinski definition) is 1. The Bertz CT molecular complexity index is 619. The van der Waals surface area contributed by atoms with Crippen molar-refractivity contribution < 1.29 is 8.42 Å². The first-order valence-corrected chi connectivity index (χ1v) is 7.53. The molecule has 0 unspecified atom stereocenters. The SMILES string of the molecule is CNc1nc(CS(C)(=O)=O)nc2sccc12. The fourth-order valence-electron chi connectivity index (χ4n) is 1.39. The standard InChI is InChI=1S/C9H11N3O2S2/c1-10-8-6-3-4-15-9(6)12-7(11-8)5-16(2,13)14/h3-4H,5H2,1-2H3,(H,10,11,12). The van der Waals surface area contributed by atoms with Crippen molar-refractivity contribution in [1.29, 1.82) is 0 Å². The maximum absolute atomic E-state index is 11.2. The van der Waals surface area contributed by atoms with Crippen LogP contribution in [0.3, 0.4) is 0 Å². The van der Waals surface area contributed by atoms with Gasteiger partial charge in [0.25, 0.3) is 0 Å². The van der Waals surface area contributed by atoms with Crippen LogP contribution in [0, 0.1) is 0 Å². The van der Waals surface area contributed by atoms with Crippen LogP contribution < -0.4 is 5.32 Å². The second-order valence-corrected chi connectivity index (χ2v) is 6.48. The predicted octanol–water partition coefficient (Wildman–Crippen LogP) is 1.28. The Hall–Kier alpha value is -1.21. The highest BCUT2D eigenvalue weighted by Crippen LogP contribution is 2.24. The molecule has 2 heterocycles. The number of nitrogens with zero attached hydrogens (tertiary/aromatic N) is 2. The van der Waals surface area contributed by atoms with E-state index in [-0.39, 0.29) is 5.75 Å². The summed E-state index contributed by atoms with van der Waals surface area (Å²) in [6.45, 7) is 0. The zero-order valence-corrected chi connectivity index (χ0v) is 10.5. The third-order valence-electron chi connectivity index (χ3n) is 2.00. The third kappa shape index (κ3) is 2.30. The average molecular weight is 257 g/mol. The predicted molar refractivity (Wildman–Crippen MR) is 65.5 cm³/mol. The summed E-state index contributed by atoms with van der Waals surface area (Å²) < 4.78 is 22.4. The summed E-state index contributed by atoms with van der Waals surface area (Å²) in [4.78, 5) is 9.20. The topological polar surface area (TPSA) is 72.0 Å². The van der Waals surface area contributed by atoms with E-state index in [0.29, 0.717) is 11.6 Å². The van der Waals surface area contributed by atoms with Crippen LogP contribution in [-0.2, 0) is 15.6 Å². The first-order chi connectivity index (χ1) is 7.49. The molecule has 2 aromatic heterocycles. The summed E-state index contributed by atoms with van der Waals surface area (Å²) >= 11 is 1.47. The molecule has 7 heteroatoms. The lowest BCUT2D eigenvalue weighted by atomic mass is 10.4. The molecule has 5 nitrogen and oxygen atoms in total. The fourth-order valence-corrected chi connectivity index (χ4v) is 2.77. The molecule has 2 rings (SSSR count). The fraction of sp³-hybridized carbons (Fsp3) is 0.333. The van der Waals surface area contributed by atoms with Gasteiger partial charge in [-0.3, -0.25) is 0 Å². The Balaban J connectivity index is 2.55. The van der Waals surface area contributed by atoms with Crippen LogP contribution in [0.4, 0.5) is 5.82 Å². The van der Waals surface area contributed by atoms with Crippen molar-refractivity contribution in [3.63, 3.8) is 0 Å². The van der Waals surface area contributed by atoms with Crippen molar-refractivity contribution in [2.45, 2.75) is 5.75 Å². The highest BCUT2D eigenvalue weighted by molar-refractivity contribution is 7.89. The Morgan fingerprint density at radius 1 is 1.44 bits per heavy atom. The maximum Gasteiger partial charge on any atom is 0.154 e. The largest absolute Gasteiger partial charge is 0.372 e. The summed E-state index contributed by atoms with van der Waals surface area (Å²) in [6, 6.07) is 1.91. The summed E-state index contributed by atoms with van der Waals surface area (Å²) in [6.07, 6.45) is 1.17. The molecular formula is C9H11N3O2S2. The van der Waals surface area contributed by atoms with Gasteiger partial charge in [0.2, 0.25) is 0 Å². The van der Waals surface area contributed by atoms with E-state index in [1.54, 1.807) is 7.05 Å². The van der Waals surface area contributed by atoms with E-state index in [2.05, 4.69) is 15.3 Å². The molecule has 0 aliphatic heterocycles. The van der Waals surface area contributed by atoms with E-state index < -0.39 is 9.84 Å². The van der Waals surface area contributed by atoms with Crippen molar-refractivity contribution in [1.82, 2.24) is 9.97 Å². The molecule has 1 N–H and O–H groups in total. The van der Waals surface area contributed by atoms with Gasteiger partial charge in [0.05, 0.1) is 5.39 Å². The van der Waals surface area contributed by atoms with Crippen LogP contribution >= 0.6 is 11.3 Å². The summed E-state index contributed by atoms with van der Waals surface area (Å²) in [5.74, 6) is 0.877. The lowest BCUT2D eigenvalue weighted by molar-refractivity contribution is 0.600. The van der Waals surface area contributed by atoms with E-state index in [1.165, 1.54) is 17.6 Å². The summed E-state index contributed by atoms with van der Waals surface area (Å²) in [5, 5.41) is 5.77. The van der Waals surface area contributed by atoms with Crippen molar-refractivity contribution in [2.24, 2.45) is 0 Å². The second kappa shape index (κ2) is 3.99. The minimum Gasteiger partial charge on any atom is -0.372 e. The Labute approximate surface area is 97.5 Å².